The van der Waals surface area contributed by atoms with Gasteiger partial charge in [-0.1, -0.05) is 28.9 Å². The zero-order valence-corrected chi connectivity index (χ0v) is 18.0. The van der Waals surface area contributed by atoms with Crippen LogP contribution >= 0.6 is 22.9 Å². The second-order valence-corrected chi connectivity index (χ2v) is 7.40. The average molecular weight is 444 g/mol. The van der Waals surface area contributed by atoms with Gasteiger partial charge in [0.05, 0.1) is 32.0 Å². The number of hydrogen-bond acceptors (Lipinski definition) is 8. The average Bonchev–Trinajstić information content (AvgIpc) is 3.40. The lowest BCUT2D eigenvalue weighted by atomic mass is 10.1. The van der Waals surface area contributed by atoms with Crippen LogP contribution in [0.4, 0.5) is 5.82 Å². The number of nitrogens with two attached hydrogens (primary N) is 1. The maximum Gasteiger partial charge on any atom is 0.165 e. The first kappa shape index (κ1) is 20.0. The van der Waals surface area contributed by atoms with E-state index < -0.39 is 0 Å². The molecule has 2 aromatic heterocycles. The SMILES string of the molecule is COc1cc(OC)c(-n2nnc(-c3nc(-c4ccccc4OC)cs3)c2N)cc1Cl. The van der Waals surface area contributed by atoms with Crippen molar-refractivity contribution in [1.82, 2.24) is 20.0 Å². The minimum Gasteiger partial charge on any atom is -0.496 e. The van der Waals surface area contributed by atoms with Crippen LogP contribution in [0.2, 0.25) is 5.02 Å². The van der Waals surface area contributed by atoms with Crippen LogP contribution in [-0.2, 0) is 0 Å². The molecule has 30 heavy (non-hydrogen) atoms. The Morgan fingerprint density at radius 2 is 1.73 bits per heavy atom. The van der Waals surface area contributed by atoms with Crippen molar-refractivity contribution in [2.45, 2.75) is 0 Å². The highest BCUT2D eigenvalue weighted by molar-refractivity contribution is 7.13. The molecule has 154 valence electrons. The molecule has 0 saturated heterocycles. The summed E-state index contributed by atoms with van der Waals surface area (Å²) in [5.74, 6) is 2.03. The summed E-state index contributed by atoms with van der Waals surface area (Å²) < 4.78 is 17.6. The molecule has 8 nitrogen and oxygen atoms in total. The van der Waals surface area contributed by atoms with Gasteiger partial charge in [-0.15, -0.1) is 16.4 Å². The third-order valence-electron chi connectivity index (χ3n) is 4.48. The van der Waals surface area contributed by atoms with Crippen molar-refractivity contribution in [2.24, 2.45) is 0 Å². The predicted molar refractivity (Wildman–Crippen MR) is 117 cm³/mol. The number of para-hydroxylation sites is 1. The Morgan fingerprint density at radius 3 is 2.47 bits per heavy atom. The number of thiazole rings is 1. The van der Waals surface area contributed by atoms with Crippen LogP contribution in [-0.4, -0.2) is 41.3 Å². The molecule has 2 N–H and O–H groups in total. The largest absolute Gasteiger partial charge is 0.496 e. The molecular formula is C20H18ClN5O3S. The van der Waals surface area contributed by atoms with Crippen LogP contribution in [0.15, 0.2) is 41.8 Å². The number of nitrogen functional groups attached to an aromatic ring is 1. The van der Waals surface area contributed by atoms with Gasteiger partial charge in [-0.3, -0.25) is 0 Å². The van der Waals surface area contributed by atoms with E-state index in [1.54, 1.807) is 26.4 Å². The fourth-order valence-corrected chi connectivity index (χ4v) is 4.04. The molecule has 0 spiro atoms. The van der Waals surface area contributed by atoms with E-state index in [0.29, 0.717) is 38.7 Å². The number of aromatic nitrogens is 4. The molecule has 4 aromatic rings. The van der Waals surface area contributed by atoms with E-state index in [2.05, 4.69) is 15.3 Å². The summed E-state index contributed by atoms with van der Waals surface area (Å²) in [7, 11) is 4.70. The highest BCUT2D eigenvalue weighted by Crippen LogP contribution is 2.38. The normalized spacial score (nSPS) is 10.8. The Kier molecular flexibility index (Phi) is 5.47. The van der Waals surface area contributed by atoms with E-state index in [4.69, 9.17) is 31.5 Å². The summed E-state index contributed by atoms with van der Waals surface area (Å²) in [6, 6.07) is 11.0. The molecule has 2 heterocycles. The van der Waals surface area contributed by atoms with Crippen molar-refractivity contribution in [1.29, 1.82) is 0 Å². The molecule has 10 heteroatoms. The molecular weight excluding hydrogens is 426 g/mol. The highest BCUT2D eigenvalue weighted by Gasteiger charge is 2.21. The van der Waals surface area contributed by atoms with E-state index in [9.17, 15) is 0 Å². The third kappa shape index (κ3) is 3.42. The van der Waals surface area contributed by atoms with Crippen LogP contribution in [0.5, 0.6) is 17.2 Å². The lowest BCUT2D eigenvalue weighted by molar-refractivity contribution is 0.392. The summed E-state index contributed by atoms with van der Waals surface area (Å²) >= 11 is 7.70. The Hall–Kier alpha value is -3.30. The standard InChI is InChI=1S/C20H18ClN5O3S/c1-27-15-7-5-4-6-11(15)13-10-30-20(23-13)18-19(22)26(25-24-18)14-8-12(21)16(28-2)9-17(14)29-3/h4-10H,22H2,1-3H3. The van der Waals surface area contributed by atoms with Gasteiger partial charge in [0.25, 0.3) is 0 Å². The van der Waals surface area contributed by atoms with Crippen LogP contribution < -0.4 is 19.9 Å². The fraction of sp³-hybridized carbons (Fsp3) is 0.150. The van der Waals surface area contributed by atoms with Crippen molar-refractivity contribution in [3.8, 4) is 44.9 Å². The van der Waals surface area contributed by atoms with Crippen molar-refractivity contribution >= 4 is 28.8 Å². The minimum absolute atomic E-state index is 0.315. The molecule has 4 rings (SSSR count). The van der Waals surface area contributed by atoms with Crippen LogP contribution in [0.25, 0.3) is 27.6 Å². The van der Waals surface area contributed by atoms with E-state index in [-0.39, 0.29) is 0 Å². The zero-order chi connectivity index (χ0) is 21.3. The van der Waals surface area contributed by atoms with Gasteiger partial charge in [-0.05, 0) is 18.2 Å². The fourth-order valence-electron chi connectivity index (χ4n) is 2.99. The number of halogens is 1. The molecule has 0 fully saturated rings. The molecule has 0 amide bonds. The maximum absolute atomic E-state index is 6.37. The first-order chi connectivity index (χ1) is 14.6. The van der Waals surface area contributed by atoms with Crippen LogP contribution in [0.1, 0.15) is 0 Å². The van der Waals surface area contributed by atoms with Gasteiger partial charge in [0.15, 0.2) is 11.5 Å². The smallest absolute Gasteiger partial charge is 0.165 e. The summed E-state index contributed by atoms with van der Waals surface area (Å²) in [4.78, 5) is 4.68. The Balaban J connectivity index is 1.75. The van der Waals surface area contributed by atoms with Gasteiger partial charge in [0.2, 0.25) is 0 Å². The van der Waals surface area contributed by atoms with E-state index in [0.717, 1.165) is 17.0 Å². The summed E-state index contributed by atoms with van der Waals surface area (Å²) in [5, 5.41) is 11.4. The Bertz CT molecular complexity index is 1210. The number of methoxy groups -OCH3 is 3. The quantitative estimate of drug-likeness (QED) is 0.474. The van der Waals surface area contributed by atoms with Crippen molar-refractivity contribution < 1.29 is 14.2 Å². The van der Waals surface area contributed by atoms with Gasteiger partial charge in [0, 0.05) is 17.0 Å². The van der Waals surface area contributed by atoms with Gasteiger partial charge in [0.1, 0.15) is 27.9 Å². The number of anilines is 1. The number of nitrogens with zero attached hydrogens (tertiary/aromatic N) is 4. The Morgan fingerprint density at radius 1 is 1.00 bits per heavy atom. The first-order valence-corrected chi connectivity index (χ1v) is 10.1. The third-order valence-corrected chi connectivity index (χ3v) is 5.62. The van der Waals surface area contributed by atoms with Gasteiger partial charge < -0.3 is 19.9 Å². The minimum atomic E-state index is 0.315. The number of benzene rings is 2. The summed E-state index contributed by atoms with van der Waals surface area (Å²) in [6.45, 7) is 0. The van der Waals surface area contributed by atoms with E-state index >= 15 is 0 Å². The number of hydrogen-bond donors (Lipinski definition) is 1. The first-order valence-electron chi connectivity index (χ1n) is 8.79. The van der Waals surface area contributed by atoms with Gasteiger partial charge >= 0.3 is 0 Å². The molecule has 0 unspecified atom stereocenters. The zero-order valence-electron chi connectivity index (χ0n) is 16.4. The van der Waals surface area contributed by atoms with Crippen LogP contribution in [0.3, 0.4) is 0 Å². The van der Waals surface area contributed by atoms with E-state index in [1.165, 1.54) is 23.1 Å². The summed E-state index contributed by atoms with van der Waals surface area (Å²) in [6.07, 6.45) is 0. The molecule has 0 bridgehead atoms. The number of ether oxygens (including phenoxy) is 3. The van der Waals surface area contributed by atoms with E-state index in [1.807, 2.05) is 29.6 Å². The highest BCUT2D eigenvalue weighted by atomic mass is 35.5. The second kappa shape index (κ2) is 8.21. The lowest BCUT2D eigenvalue weighted by Gasteiger charge is -2.12. The van der Waals surface area contributed by atoms with Gasteiger partial charge in [-0.25, -0.2) is 4.98 Å². The predicted octanol–water partition coefficient (Wildman–Crippen LogP) is 4.32. The van der Waals surface area contributed by atoms with Crippen molar-refractivity contribution in [3.05, 3.63) is 46.8 Å². The second-order valence-electron chi connectivity index (χ2n) is 6.13. The maximum atomic E-state index is 6.37. The number of rotatable bonds is 6. The van der Waals surface area contributed by atoms with Gasteiger partial charge in [-0.2, -0.15) is 4.68 Å². The molecule has 0 atom stereocenters. The molecule has 0 radical (unpaired) electrons. The molecule has 0 aliphatic carbocycles. The summed E-state index contributed by atoms with van der Waals surface area (Å²) in [5.41, 5.74) is 9.03. The molecule has 0 saturated carbocycles. The topological polar surface area (TPSA) is 97.3 Å². The Labute approximate surface area is 181 Å². The molecule has 0 aliphatic rings. The molecule has 0 aliphatic heterocycles. The lowest BCUT2D eigenvalue weighted by Crippen LogP contribution is -2.05. The van der Waals surface area contributed by atoms with Crippen molar-refractivity contribution in [3.63, 3.8) is 0 Å². The monoisotopic (exact) mass is 443 g/mol. The van der Waals surface area contributed by atoms with Crippen molar-refractivity contribution in [2.75, 3.05) is 27.1 Å². The molecule has 2 aromatic carbocycles. The van der Waals surface area contributed by atoms with Crippen LogP contribution in [0, 0.1) is 0 Å².